The van der Waals surface area contributed by atoms with E-state index in [-0.39, 0.29) is 29.5 Å². The van der Waals surface area contributed by atoms with Crippen LogP contribution in [0.1, 0.15) is 47.4 Å². The second-order valence-electron chi connectivity index (χ2n) is 7.17. The lowest BCUT2D eigenvalue weighted by atomic mass is 9.88. The van der Waals surface area contributed by atoms with Crippen LogP contribution < -0.4 is 4.74 Å². The Balaban J connectivity index is 1.57. The average Bonchev–Trinajstić information content (AvgIpc) is 2.68. The number of phenolic OH excluding ortho intramolecular Hbond substituents is 1. The van der Waals surface area contributed by atoms with Crippen LogP contribution in [0.3, 0.4) is 0 Å². The third kappa shape index (κ3) is 4.67. The minimum Gasteiger partial charge on any atom is -0.508 e. The highest BCUT2D eigenvalue weighted by molar-refractivity contribution is 5.98. The first kappa shape index (κ1) is 19.0. The van der Waals surface area contributed by atoms with Crippen molar-refractivity contribution in [1.82, 2.24) is 4.90 Å². The number of phenols is 1. The molecular formula is C22H25NO4. The van der Waals surface area contributed by atoms with Crippen molar-refractivity contribution in [2.45, 2.75) is 32.8 Å². The van der Waals surface area contributed by atoms with Gasteiger partial charge in [0.15, 0.2) is 5.78 Å². The number of hydrogen-bond acceptors (Lipinski definition) is 4. The maximum absolute atomic E-state index is 12.7. The van der Waals surface area contributed by atoms with E-state index < -0.39 is 0 Å². The van der Waals surface area contributed by atoms with Crippen molar-refractivity contribution in [3.63, 3.8) is 0 Å². The Morgan fingerprint density at radius 2 is 1.52 bits per heavy atom. The standard InChI is InChI=1S/C22H25NO4/c1-15(2)27-20-9-5-18(6-10-20)22(26)23-13-11-17(12-14-23)21(25)16-3-7-19(24)8-4-16/h3-10,15,17,24H,11-14H2,1-2H3. The fourth-order valence-electron chi connectivity index (χ4n) is 3.34. The van der Waals surface area contributed by atoms with Gasteiger partial charge in [-0.25, -0.2) is 0 Å². The number of ether oxygens (including phenoxy) is 1. The molecule has 0 spiro atoms. The molecule has 27 heavy (non-hydrogen) atoms. The van der Waals surface area contributed by atoms with Crippen LogP contribution in [0.15, 0.2) is 48.5 Å². The van der Waals surface area contributed by atoms with Crippen LogP contribution in [0.4, 0.5) is 0 Å². The number of Topliss-reactive ketones (excluding diaryl/α,β-unsaturated/α-hetero) is 1. The molecule has 0 aliphatic carbocycles. The number of hydrogen-bond donors (Lipinski definition) is 1. The van der Waals surface area contributed by atoms with E-state index in [4.69, 9.17) is 4.74 Å². The van der Waals surface area contributed by atoms with Gasteiger partial charge in [0, 0.05) is 30.1 Å². The summed E-state index contributed by atoms with van der Waals surface area (Å²) < 4.78 is 5.61. The lowest BCUT2D eigenvalue weighted by Gasteiger charge is -2.31. The lowest BCUT2D eigenvalue weighted by Crippen LogP contribution is -2.40. The predicted octanol–water partition coefficient (Wildman–Crippen LogP) is 3.91. The van der Waals surface area contributed by atoms with Crippen LogP contribution >= 0.6 is 0 Å². The molecule has 1 fully saturated rings. The normalized spacial score (nSPS) is 15.0. The zero-order chi connectivity index (χ0) is 19.4. The monoisotopic (exact) mass is 367 g/mol. The molecule has 0 radical (unpaired) electrons. The molecule has 5 nitrogen and oxygen atoms in total. The number of rotatable bonds is 5. The van der Waals surface area contributed by atoms with Crippen LogP contribution in [-0.4, -0.2) is 40.9 Å². The Morgan fingerprint density at radius 3 is 2.07 bits per heavy atom. The van der Waals surface area contributed by atoms with E-state index in [1.54, 1.807) is 29.2 Å². The lowest BCUT2D eigenvalue weighted by molar-refractivity contribution is 0.0650. The van der Waals surface area contributed by atoms with Crippen molar-refractivity contribution >= 4 is 11.7 Å². The van der Waals surface area contributed by atoms with Gasteiger partial charge in [-0.05, 0) is 75.2 Å². The van der Waals surface area contributed by atoms with Crippen LogP contribution in [0.5, 0.6) is 11.5 Å². The van der Waals surface area contributed by atoms with Crippen LogP contribution in [0.2, 0.25) is 0 Å². The molecule has 2 aromatic carbocycles. The van der Waals surface area contributed by atoms with Gasteiger partial charge in [0.05, 0.1) is 6.10 Å². The molecule has 1 amide bonds. The van der Waals surface area contributed by atoms with E-state index in [0.29, 0.717) is 37.1 Å². The van der Waals surface area contributed by atoms with Gasteiger partial charge in [0.2, 0.25) is 0 Å². The van der Waals surface area contributed by atoms with Crippen molar-refractivity contribution in [3.8, 4) is 11.5 Å². The molecule has 1 N–H and O–H groups in total. The second kappa shape index (κ2) is 8.25. The smallest absolute Gasteiger partial charge is 0.253 e. The van der Waals surface area contributed by atoms with Gasteiger partial charge in [0.25, 0.3) is 5.91 Å². The number of nitrogens with zero attached hydrogens (tertiary/aromatic N) is 1. The molecule has 142 valence electrons. The molecule has 0 saturated carbocycles. The second-order valence-corrected chi connectivity index (χ2v) is 7.17. The van der Waals surface area contributed by atoms with Gasteiger partial charge < -0.3 is 14.7 Å². The zero-order valence-corrected chi connectivity index (χ0v) is 15.7. The highest BCUT2D eigenvalue weighted by atomic mass is 16.5. The van der Waals surface area contributed by atoms with E-state index in [9.17, 15) is 14.7 Å². The number of piperidine rings is 1. The molecule has 1 aliphatic heterocycles. The molecule has 2 aromatic rings. The van der Waals surface area contributed by atoms with Crippen molar-refractivity contribution in [2.24, 2.45) is 5.92 Å². The van der Waals surface area contributed by atoms with Gasteiger partial charge in [-0.2, -0.15) is 0 Å². The Labute approximate surface area is 159 Å². The summed E-state index contributed by atoms with van der Waals surface area (Å²) in [4.78, 5) is 27.1. The summed E-state index contributed by atoms with van der Waals surface area (Å²) in [7, 11) is 0. The first-order valence-electron chi connectivity index (χ1n) is 9.33. The fraction of sp³-hybridized carbons (Fsp3) is 0.364. The summed E-state index contributed by atoms with van der Waals surface area (Å²) >= 11 is 0. The molecule has 1 aliphatic rings. The maximum Gasteiger partial charge on any atom is 0.253 e. The van der Waals surface area contributed by atoms with Gasteiger partial charge in [-0.15, -0.1) is 0 Å². The number of carbonyl (C=O) groups is 2. The Kier molecular flexibility index (Phi) is 5.79. The molecule has 0 atom stereocenters. The maximum atomic E-state index is 12.7. The van der Waals surface area contributed by atoms with E-state index in [1.807, 2.05) is 26.0 Å². The van der Waals surface area contributed by atoms with E-state index >= 15 is 0 Å². The van der Waals surface area contributed by atoms with Crippen molar-refractivity contribution in [3.05, 3.63) is 59.7 Å². The number of amides is 1. The third-order valence-corrected chi connectivity index (χ3v) is 4.78. The van der Waals surface area contributed by atoms with E-state index in [1.165, 1.54) is 12.1 Å². The summed E-state index contributed by atoms with van der Waals surface area (Å²) in [6.45, 7) is 5.06. The summed E-state index contributed by atoms with van der Waals surface area (Å²) in [5, 5.41) is 9.35. The zero-order valence-electron chi connectivity index (χ0n) is 15.7. The minimum absolute atomic E-state index is 0.0124. The van der Waals surface area contributed by atoms with Gasteiger partial charge in [-0.1, -0.05) is 0 Å². The highest BCUT2D eigenvalue weighted by Gasteiger charge is 2.28. The Morgan fingerprint density at radius 1 is 0.963 bits per heavy atom. The SMILES string of the molecule is CC(C)Oc1ccc(C(=O)N2CCC(C(=O)c3ccc(O)cc3)CC2)cc1. The Hall–Kier alpha value is -2.82. The number of likely N-dealkylation sites (tertiary alicyclic amines) is 1. The molecule has 0 aromatic heterocycles. The fourth-order valence-corrected chi connectivity index (χ4v) is 3.34. The van der Waals surface area contributed by atoms with Crippen LogP contribution in [0, 0.1) is 5.92 Å². The third-order valence-electron chi connectivity index (χ3n) is 4.78. The van der Waals surface area contributed by atoms with Crippen LogP contribution in [-0.2, 0) is 0 Å². The average molecular weight is 367 g/mol. The first-order chi connectivity index (χ1) is 12.9. The van der Waals surface area contributed by atoms with Crippen LogP contribution in [0.25, 0.3) is 0 Å². The number of aromatic hydroxyl groups is 1. The molecule has 1 heterocycles. The minimum atomic E-state index is -0.0830. The van der Waals surface area contributed by atoms with Crippen molar-refractivity contribution in [1.29, 1.82) is 0 Å². The first-order valence-corrected chi connectivity index (χ1v) is 9.33. The summed E-state index contributed by atoms with van der Waals surface area (Å²) in [5.74, 6) is 0.885. The molecule has 3 rings (SSSR count). The highest BCUT2D eigenvalue weighted by Crippen LogP contribution is 2.24. The van der Waals surface area contributed by atoms with Gasteiger partial charge in [0.1, 0.15) is 11.5 Å². The quantitative estimate of drug-likeness (QED) is 0.814. The predicted molar refractivity (Wildman–Crippen MR) is 103 cm³/mol. The van der Waals surface area contributed by atoms with Crippen molar-refractivity contribution < 1.29 is 19.4 Å². The van der Waals surface area contributed by atoms with Gasteiger partial charge in [-0.3, -0.25) is 9.59 Å². The number of ketones is 1. The molecule has 1 saturated heterocycles. The number of carbonyl (C=O) groups excluding carboxylic acids is 2. The number of benzene rings is 2. The van der Waals surface area contributed by atoms with E-state index in [2.05, 4.69) is 0 Å². The Bertz CT molecular complexity index is 788. The molecular weight excluding hydrogens is 342 g/mol. The largest absolute Gasteiger partial charge is 0.508 e. The molecule has 0 bridgehead atoms. The van der Waals surface area contributed by atoms with Crippen molar-refractivity contribution in [2.75, 3.05) is 13.1 Å². The van der Waals surface area contributed by atoms with Gasteiger partial charge >= 0.3 is 0 Å². The molecule has 0 unspecified atom stereocenters. The topological polar surface area (TPSA) is 66.8 Å². The summed E-state index contributed by atoms with van der Waals surface area (Å²) in [5.41, 5.74) is 1.24. The van der Waals surface area contributed by atoms with E-state index in [0.717, 1.165) is 5.75 Å². The molecule has 5 heteroatoms. The summed E-state index contributed by atoms with van der Waals surface area (Å²) in [6, 6.07) is 13.5. The summed E-state index contributed by atoms with van der Waals surface area (Å²) in [6.07, 6.45) is 1.40.